The van der Waals surface area contributed by atoms with E-state index in [1.165, 1.54) is 11.0 Å². The van der Waals surface area contributed by atoms with Crippen molar-refractivity contribution in [1.29, 1.82) is 0 Å². The number of aryl methyl sites for hydroxylation is 1. The van der Waals surface area contributed by atoms with E-state index in [1.54, 1.807) is 45.3 Å². The highest BCUT2D eigenvalue weighted by molar-refractivity contribution is 7.20. The van der Waals surface area contributed by atoms with Crippen molar-refractivity contribution in [2.45, 2.75) is 32.5 Å². The molecule has 0 fully saturated rings. The summed E-state index contributed by atoms with van der Waals surface area (Å²) < 4.78 is 44.7. The fourth-order valence-electron chi connectivity index (χ4n) is 3.27. The standard InChI is InChI=1S/C23H24F3N3O3S/c1-5-16(15-8-6-7-9-17(15)32-12-19(30)29(3)4)27-21(31)20-13(2)14-10-11-18(23(24,25)26)28-22(14)33-20/h6-11,16H,5,12H2,1-4H3,(H,27,31). The van der Waals surface area contributed by atoms with Crippen LogP contribution in [-0.4, -0.2) is 42.4 Å². The van der Waals surface area contributed by atoms with Crippen LogP contribution in [-0.2, 0) is 11.0 Å². The number of nitrogens with one attached hydrogen (secondary N) is 1. The Hall–Kier alpha value is -3.14. The lowest BCUT2D eigenvalue weighted by atomic mass is 10.0. The monoisotopic (exact) mass is 479 g/mol. The van der Waals surface area contributed by atoms with Gasteiger partial charge in [0.2, 0.25) is 0 Å². The predicted octanol–water partition coefficient (Wildman–Crippen LogP) is 4.97. The smallest absolute Gasteiger partial charge is 0.433 e. The molecule has 1 N–H and O–H groups in total. The summed E-state index contributed by atoms with van der Waals surface area (Å²) in [5, 5.41) is 3.45. The number of pyridine rings is 1. The maximum atomic E-state index is 13.1. The molecule has 0 radical (unpaired) electrons. The van der Waals surface area contributed by atoms with Gasteiger partial charge in [-0.3, -0.25) is 9.59 Å². The third-order valence-corrected chi connectivity index (χ3v) is 6.36. The number of hydrogen-bond donors (Lipinski definition) is 1. The average molecular weight is 480 g/mol. The summed E-state index contributed by atoms with van der Waals surface area (Å²) in [7, 11) is 3.26. The number of para-hydroxylation sites is 1. The molecule has 2 aromatic heterocycles. The number of rotatable bonds is 7. The van der Waals surface area contributed by atoms with Gasteiger partial charge in [-0.15, -0.1) is 11.3 Å². The maximum Gasteiger partial charge on any atom is 0.433 e. The number of nitrogens with zero attached hydrogens (tertiary/aromatic N) is 2. The van der Waals surface area contributed by atoms with Crippen LogP contribution in [0.5, 0.6) is 5.75 Å². The number of alkyl halides is 3. The van der Waals surface area contributed by atoms with Crippen molar-refractivity contribution in [3.05, 3.63) is 58.1 Å². The topological polar surface area (TPSA) is 71.5 Å². The zero-order valence-corrected chi connectivity index (χ0v) is 19.4. The highest BCUT2D eigenvalue weighted by Crippen LogP contribution is 2.35. The molecule has 0 aliphatic rings. The van der Waals surface area contributed by atoms with Crippen molar-refractivity contribution in [2.24, 2.45) is 0 Å². The normalized spacial score (nSPS) is 12.5. The number of hydrogen-bond acceptors (Lipinski definition) is 5. The van der Waals surface area contributed by atoms with Crippen molar-refractivity contribution < 1.29 is 27.5 Å². The van der Waals surface area contributed by atoms with Crippen molar-refractivity contribution >= 4 is 33.4 Å². The molecule has 0 saturated heterocycles. The SMILES string of the molecule is CCC(NC(=O)c1sc2nc(C(F)(F)F)ccc2c1C)c1ccccc1OCC(=O)N(C)C. The molecule has 176 valence electrons. The van der Waals surface area contributed by atoms with E-state index >= 15 is 0 Å². The molecular weight excluding hydrogens is 455 g/mol. The summed E-state index contributed by atoms with van der Waals surface area (Å²) in [6.07, 6.45) is -4.02. The van der Waals surface area contributed by atoms with Crippen LogP contribution in [0.15, 0.2) is 36.4 Å². The van der Waals surface area contributed by atoms with Crippen LogP contribution < -0.4 is 10.1 Å². The lowest BCUT2D eigenvalue weighted by Crippen LogP contribution is -2.30. The van der Waals surface area contributed by atoms with E-state index in [4.69, 9.17) is 4.74 Å². The largest absolute Gasteiger partial charge is 0.483 e. The van der Waals surface area contributed by atoms with Crippen LogP contribution in [0.2, 0.25) is 0 Å². The number of ether oxygens (including phenoxy) is 1. The van der Waals surface area contributed by atoms with E-state index in [1.807, 2.05) is 6.92 Å². The Morgan fingerprint density at radius 3 is 2.52 bits per heavy atom. The van der Waals surface area contributed by atoms with Crippen LogP contribution in [0.4, 0.5) is 13.2 Å². The molecule has 3 rings (SSSR count). The minimum Gasteiger partial charge on any atom is -0.483 e. The highest BCUT2D eigenvalue weighted by atomic mass is 32.1. The number of likely N-dealkylation sites (N-methyl/N-ethyl adjacent to an activating group) is 1. The van der Waals surface area contributed by atoms with Crippen molar-refractivity contribution in [3.8, 4) is 5.75 Å². The van der Waals surface area contributed by atoms with Gasteiger partial charge in [-0.05, 0) is 37.1 Å². The molecule has 33 heavy (non-hydrogen) atoms. The molecule has 0 spiro atoms. The lowest BCUT2D eigenvalue weighted by Gasteiger charge is -2.21. The number of halogens is 3. The zero-order valence-electron chi connectivity index (χ0n) is 18.6. The van der Waals surface area contributed by atoms with Crippen LogP contribution in [0.3, 0.4) is 0 Å². The first-order chi connectivity index (χ1) is 15.5. The third kappa shape index (κ3) is 5.44. The van der Waals surface area contributed by atoms with Gasteiger partial charge in [0.15, 0.2) is 6.61 Å². The number of fused-ring (bicyclic) bond motifs is 1. The van der Waals surface area contributed by atoms with E-state index in [9.17, 15) is 22.8 Å². The predicted molar refractivity (Wildman–Crippen MR) is 120 cm³/mol. The molecule has 0 aliphatic heterocycles. The maximum absolute atomic E-state index is 13.1. The van der Waals surface area contributed by atoms with Crippen LogP contribution in [0.25, 0.3) is 10.2 Å². The summed E-state index contributed by atoms with van der Waals surface area (Å²) in [5.41, 5.74) is 0.286. The average Bonchev–Trinajstić information content (AvgIpc) is 3.11. The lowest BCUT2D eigenvalue weighted by molar-refractivity contribution is -0.141. The number of carbonyl (C=O) groups excluding carboxylic acids is 2. The Bertz CT molecular complexity index is 1170. The molecule has 1 atom stereocenters. The molecule has 2 heterocycles. The summed E-state index contributed by atoms with van der Waals surface area (Å²) >= 11 is 0.927. The summed E-state index contributed by atoms with van der Waals surface area (Å²) in [6.45, 7) is 3.44. The van der Waals surface area contributed by atoms with Gasteiger partial charge >= 0.3 is 6.18 Å². The van der Waals surface area contributed by atoms with Crippen molar-refractivity contribution in [2.75, 3.05) is 20.7 Å². The molecular formula is C23H24F3N3O3S. The zero-order chi connectivity index (χ0) is 24.3. The van der Waals surface area contributed by atoms with E-state index in [-0.39, 0.29) is 17.3 Å². The van der Waals surface area contributed by atoms with Gasteiger partial charge in [0.05, 0.1) is 10.9 Å². The molecule has 3 aromatic rings. The Balaban J connectivity index is 1.85. The molecule has 6 nitrogen and oxygen atoms in total. The second-order valence-electron chi connectivity index (χ2n) is 7.65. The molecule has 10 heteroatoms. The van der Waals surface area contributed by atoms with E-state index in [0.29, 0.717) is 33.6 Å². The van der Waals surface area contributed by atoms with Gasteiger partial charge in [0.25, 0.3) is 11.8 Å². The van der Waals surface area contributed by atoms with Crippen molar-refractivity contribution in [1.82, 2.24) is 15.2 Å². The first-order valence-corrected chi connectivity index (χ1v) is 11.0. The third-order valence-electron chi connectivity index (χ3n) is 5.16. The Morgan fingerprint density at radius 1 is 1.18 bits per heavy atom. The van der Waals surface area contributed by atoms with Gasteiger partial charge < -0.3 is 15.0 Å². The van der Waals surface area contributed by atoms with Crippen LogP contribution in [0.1, 0.15) is 45.9 Å². The summed E-state index contributed by atoms with van der Waals surface area (Å²) in [6, 6.07) is 8.94. The highest BCUT2D eigenvalue weighted by Gasteiger charge is 2.33. The Kier molecular flexibility index (Phi) is 7.26. The Labute approximate surface area is 193 Å². The van der Waals surface area contributed by atoms with Crippen LogP contribution >= 0.6 is 11.3 Å². The molecule has 2 amide bonds. The van der Waals surface area contributed by atoms with Gasteiger partial charge in [0.1, 0.15) is 16.3 Å². The van der Waals surface area contributed by atoms with E-state index < -0.39 is 23.8 Å². The fourth-order valence-corrected chi connectivity index (χ4v) is 4.35. The molecule has 0 aliphatic carbocycles. The molecule has 1 unspecified atom stereocenters. The van der Waals surface area contributed by atoms with Gasteiger partial charge in [0, 0.05) is 25.0 Å². The second kappa shape index (κ2) is 9.78. The number of thiophene rings is 1. The van der Waals surface area contributed by atoms with Gasteiger partial charge in [-0.2, -0.15) is 13.2 Å². The number of benzene rings is 1. The molecule has 0 bridgehead atoms. The number of carbonyl (C=O) groups is 2. The number of amides is 2. The minimum absolute atomic E-state index is 0.142. The quantitative estimate of drug-likeness (QED) is 0.519. The van der Waals surface area contributed by atoms with Gasteiger partial charge in [-0.1, -0.05) is 25.1 Å². The summed E-state index contributed by atoms with van der Waals surface area (Å²) in [5.74, 6) is -0.131. The second-order valence-corrected chi connectivity index (χ2v) is 8.65. The van der Waals surface area contributed by atoms with E-state index in [0.717, 1.165) is 17.4 Å². The molecule has 0 saturated carbocycles. The first-order valence-electron chi connectivity index (χ1n) is 10.2. The van der Waals surface area contributed by atoms with Crippen LogP contribution in [0, 0.1) is 6.92 Å². The van der Waals surface area contributed by atoms with E-state index in [2.05, 4.69) is 10.3 Å². The Morgan fingerprint density at radius 2 is 1.88 bits per heavy atom. The summed E-state index contributed by atoms with van der Waals surface area (Å²) in [4.78, 5) is 30.5. The minimum atomic E-state index is -4.56. The molecule has 1 aromatic carbocycles. The fraction of sp³-hybridized carbons (Fsp3) is 0.348. The first kappa shape index (κ1) is 24.5. The number of aromatic nitrogens is 1. The van der Waals surface area contributed by atoms with Gasteiger partial charge in [-0.25, -0.2) is 4.98 Å². The van der Waals surface area contributed by atoms with Crippen molar-refractivity contribution in [3.63, 3.8) is 0 Å².